The van der Waals surface area contributed by atoms with E-state index in [4.69, 9.17) is 0 Å². The number of H-pyrrole nitrogens is 1. The Morgan fingerprint density at radius 2 is 1.88 bits per heavy atom. The van der Waals surface area contributed by atoms with E-state index in [9.17, 15) is 27.6 Å². The third-order valence-electron chi connectivity index (χ3n) is 4.43. The minimum absolute atomic E-state index is 0.109. The summed E-state index contributed by atoms with van der Waals surface area (Å²) in [5.41, 5.74) is -2.45. The molecule has 1 aliphatic heterocycles. The monoisotopic (exact) mass is 367 g/mol. The summed E-state index contributed by atoms with van der Waals surface area (Å²) in [5.74, 6) is -0.712. The van der Waals surface area contributed by atoms with Crippen molar-refractivity contribution in [3.8, 4) is 0 Å². The summed E-state index contributed by atoms with van der Waals surface area (Å²) in [6.45, 7) is 0.734. The van der Waals surface area contributed by atoms with E-state index in [1.807, 2.05) is 0 Å². The number of nitrogens with one attached hydrogen (secondary N) is 1. The second kappa shape index (κ2) is 6.47. The van der Waals surface area contributed by atoms with Gasteiger partial charge in [0.15, 0.2) is 0 Å². The number of fused-ring (bicyclic) bond motifs is 1. The normalized spacial score (nSPS) is 16.1. The number of carbonyl (C=O) groups is 2. The molecule has 0 saturated carbocycles. The molecule has 6 nitrogen and oxygen atoms in total. The van der Waals surface area contributed by atoms with Crippen molar-refractivity contribution in [3.05, 3.63) is 45.7 Å². The number of likely N-dealkylation sites (N-methyl/N-ethyl adjacent to an activating group) is 1. The quantitative estimate of drug-likeness (QED) is 0.836. The molecular weight excluding hydrogens is 351 g/mol. The number of benzene rings is 1. The first-order valence-electron chi connectivity index (χ1n) is 7.95. The number of rotatable bonds is 1. The van der Waals surface area contributed by atoms with E-state index in [0.717, 1.165) is 6.07 Å². The molecule has 0 atom stereocenters. The smallest absolute Gasteiger partial charge is 0.344 e. The molecule has 3 rings (SSSR count). The van der Waals surface area contributed by atoms with Gasteiger partial charge in [0.2, 0.25) is 5.91 Å². The molecule has 1 saturated heterocycles. The van der Waals surface area contributed by atoms with Crippen molar-refractivity contribution in [2.75, 3.05) is 26.7 Å². The predicted molar refractivity (Wildman–Crippen MR) is 87.7 cm³/mol. The predicted octanol–water partition coefficient (Wildman–Crippen LogP) is 1.85. The van der Waals surface area contributed by atoms with Crippen LogP contribution in [0.1, 0.15) is 22.3 Å². The summed E-state index contributed by atoms with van der Waals surface area (Å²) in [7, 11) is 1.62. The first kappa shape index (κ1) is 18.0. The molecule has 0 aliphatic carbocycles. The van der Waals surface area contributed by atoms with Crippen LogP contribution in [0.3, 0.4) is 0 Å². The Kier molecular flexibility index (Phi) is 4.47. The van der Waals surface area contributed by atoms with Gasteiger partial charge in [0.25, 0.3) is 11.5 Å². The second-order valence-corrected chi connectivity index (χ2v) is 6.14. The van der Waals surface area contributed by atoms with Crippen molar-refractivity contribution in [2.24, 2.45) is 0 Å². The van der Waals surface area contributed by atoms with Gasteiger partial charge in [0, 0.05) is 33.1 Å². The maximum absolute atomic E-state index is 13.1. The number of alkyl halides is 3. The minimum Gasteiger partial charge on any atom is -0.344 e. The van der Waals surface area contributed by atoms with Crippen LogP contribution in [0.15, 0.2) is 29.1 Å². The van der Waals surface area contributed by atoms with E-state index in [2.05, 4.69) is 4.98 Å². The summed E-state index contributed by atoms with van der Waals surface area (Å²) in [6.07, 6.45) is -4.49. The zero-order chi connectivity index (χ0) is 19.1. The molecule has 2 heterocycles. The Morgan fingerprint density at radius 3 is 2.58 bits per heavy atom. The van der Waals surface area contributed by atoms with Crippen LogP contribution in [0.2, 0.25) is 0 Å². The maximum atomic E-state index is 13.1. The van der Waals surface area contributed by atoms with Gasteiger partial charge in [0.1, 0.15) is 5.56 Å². The molecule has 0 unspecified atom stereocenters. The van der Waals surface area contributed by atoms with Gasteiger partial charge in [-0.1, -0.05) is 12.1 Å². The van der Waals surface area contributed by atoms with E-state index in [1.165, 1.54) is 28.0 Å². The number of halogens is 3. The van der Waals surface area contributed by atoms with Crippen LogP contribution in [-0.2, 0) is 11.0 Å². The van der Waals surface area contributed by atoms with Gasteiger partial charge in [-0.2, -0.15) is 13.2 Å². The molecule has 0 spiro atoms. The molecule has 2 amide bonds. The number of pyridine rings is 1. The highest BCUT2D eigenvalue weighted by molar-refractivity contribution is 5.98. The van der Waals surface area contributed by atoms with Crippen LogP contribution in [-0.4, -0.2) is 53.3 Å². The standard InChI is InChI=1S/C17H16F3N3O3/c1-22-7-8-23(6-5-13(22)24)16(26)11-9-10-3-2-4-12(17(18,19)20)14(10)21-15(11)25/h2-4,9H,5-8H2,1H3,(H,21,25). The first-order chi connectivity index (χ1) is 12.2. The summed E-state index contributed by atoms with van der Waals surface area (Å²) in [4.78, 5) is 41.7. The number of aromatic amines is 1. The molecule has 1 aliphatic rings. The number of amides is 2. The van der Waals surface area contributed by atoms with E-state index in [0.29, 0.717) is 6.54 Å². The maximum Gasteiger partial charge on any atom is 0.418 e. The van der Waals surface area contributed by atoms with Gasteiger partial charge in [-0.15, -0.1) is 0 Å². The first-order valence-corrected chi connectivity index (χ1v) is 7.95. The van der Waals surface area contributed by atoms with Crippen molar-refractivity contribution in [2.45, 2.75) is 12.6 Å². The fourth-order valence-electron chi connectivity index (χ4n) is 2.93. The van der Waals surface area contributed by atoms with Gasteiger partial charge in [-0.25, -0.2) is 0 Å². The third-order valence-corrected chi connectivity index (χ3v) is 4.43. The average Bonchev–Trinajstić information content (AvgIpc) is 2.74. The number of aromatic nitrogens is 1. The lowest BCUT2D eigenvalue weighted by molar-refractivity contribution is -0.136. The van der Waals surface area contributed by atoms with E-state index in [-0.39, 0.29) is 41.9 Å². The molecule has 9 heteroatoms. The van der Waals surface area contributed by atoms with Gasteiger partial charge >= 0.3 is 6.18 Å². The van der Waals surface area contributed by atoms with Crippen molar-refractivity contribution in [1.82, 2.24) is 14.8 Å². The molecule has 1 aromatic heterocycles. The summed E-state index contributed by atoms with van der Waals surface area (Å²) >= 11 is 0. The van der Waals surface area contributed by atoms with Crippen LogP contribution < -0.4 is 5.56 Å². The summed E-state index contributed by atoms with van der Waals surface area (Å²) in [6, 6.07) is 4.66. The van der Waals surface area contributed by atoms with E-state index >= 15 is 0 Å². The zero-order valence-corrected chi connectivity index (χ0v) is 13.9. The molecule has 1 aromatic carbocycles. The summed E-state index contributed by atoms with van der Waals surface area (Å²) in [5, 5.41) is 0.116. The summed E-state index contributed by atoms with van der Waals surface area (Å²) < 4.78 is 39.3. The highest BCUT2D eigenvalue weighted by Gasteiger charge is 2.33. The van der Waals surface area contributed by atoms with Crippen LogP contribution in [0.5, 0.6) is 0 Å². The average molecular weight is 367 g/mol. The van der Waals surface area contributed by atoms with Crippen LogP contribution in [0, 0.1) is 0 Å². The molecular formula is C17H16F3N3O3. The third kappa shape index (κ3) is 3.29. The Hall–Kier alpha value is -2.84. The van der Waals surface area contributed by atoms with E-state index in [1.54, 1.807) is 7.05 Å². The molecule has 1 N–H and O–H groups in total. The Labute approximate surface area is 146 Å². The Bertz CT molecular complexity index is 936. The van der Waals surface area contributed by atoms with Gasteiger partial charge in [-0.05, 0) is 17.5 Å². The second-order valence-electron chi connectivity index (χ2n) is 6.14. The molecule has 2 aromatic rings. The SMILES string of the molecule is CN1CCN(C(=O)c2cc3cccc(C(F)(F)F)c3[nH]c2=O)CCC1=O. The molecule has 138 valence electrons. The van der Waals surface area contributed by atoms with E-state index < -0.39 is 23.2 Å². The highest BCUT2D eigenvalue weighted by atomic mass is 19.4. The fraction of sp³-hybridized carbons (Fsp3) is 0.353. The minimum atomic E-state index is -4.62. The highest BCUT2D eigenvalue weighted by Crippen LogP contribution is 2.33. The number of para-hydroxylation sites is 1. The van der Waals surface area contributed by atoms with Crippen LogP contribution in [0.25, 0.3) is 10.9 Å². The molecule has 1 fully saturated rings. The van der Waals surface area contributed by atoms with Gasteiger partial charge < -0.3 is 14.8 Å². The van der Waals surface area contributed by atoms with Gasteiger partial charge in [0.05, 0.1) is 11.1 Å². The number of carbonyl (C=O) groups excluding carboxylic acids is 2. The van der Waals surface area contributed by atoms with Crippen molar-refractivity contribution in [1.29, 1.82) is 0 Å². The lowest BCUT2D eigenvalue weighted by atomic mass is 10.1. The zero-order valence-electron chi connectivity index (χ0n) is 13.9. The van der Waals surface area contributed by atoms with Crippen molar-refractivity contribution < 1.29 is 22.8 Å². The Balaban J connectivity index is 2.01. The lowest BCUT2D eigenvalue weighted by Gasteiger charge is -2.20. The van der Waals surface area contributed by atoms with Crippen LogP contribution >= 0.6 is 0 Å². The number of hydrogen-bond acceptors (Lipinski definition) is 3. The fourth-order valence-corrected chi connectivity index (χ4v) is 2.93. The van der Waals surface area contributed by atoms with Crippen LogP contribution in [0.4, 0.5) is 13.2 Å². The molecule has 0 bridgehead atoms. The largest absolute Gasteiger partial charge is 0.418 e. The van der Waals surface area contributed by atoms with Crippen molar-refractivity contribution >= 4 is 22.7 Å². The Morgan fingerprint density at radius 1 is 1.15 bits per heavy atom. The molecule has 0 radical (unpaired) electrons. The van der Waals surface area contributed by atoms with Gasteiger partial charge in [-0.3, -0.25) is 14.4 Å². The number of nitrogens with zero attached hydrogens (tertiary/aromatic N) is 2. The topological polar surface area (TPSA) is 73.5 Å². The van der Waals surface area contributed by atoms with Crippen molar-refractivity contribution in [3.63, 3.8) is 0 Å². The lowest BCUT2D eigenvalue weighted by Crippen LogP contribution is -2.37. The molecule has 26 heavy (non-hydrogen) atoms. The number of hydrogen-bond donors (Lipinski definition) is 1.